The molecule has 1 aliphatic heterocycles. The Morgan fingerprint density at radius 2 is 1.89 bits per heavy atom. The Hall–Kier alpha value is -1.19. The summed E-state index contributed by atoms with van der Waals surface area (Å²) in [6.07, 6.45) is 2.05. The van der Waals surface area contributed by atoms with E-state index >= 15 is 0 Å². The minimum atomic E-state index is 0.198. The van der Waals surface area contributed by atoms with Gasteiger partial charge in [-0.15, -0.1) is 0 Å². The van der Waals surface area contributed by atoms with Gasteiger partial charge in [0.15, 0.2) is 5.78 Å². The van der Waals surface area contributed by atoms with Crippen LogP contribution in [0.4, 0.5) is 0 Å². The average molecular weight is 247 g/mol. The molecule has 0 atom stereocenters. The Morgan fingerprint density at radius 1 is 1.28 bits per heavy atom. The molecule has 0 N–H and O–H groups in total. The molecule has 1 aromatic rings. The van der Waals surface area contributed by atoms with Crippen LogP contribution in [0.3, 0.4) is 0 Å². The fourth-order valence-corrected chi connectivity index (χ4v) is 2.31. The summed E-state index contributed by atoms with van der Waals surface area (Å²) in [7, 11) is 2.03. The molecular formula is C15H21NO2. The van der Waals surface area contributed by atoms with E-state index in [0.717, 1.165) is 31.6 Å². The van der Waals surface area contributed by atoms with Crippen molar-refractivity contribution in [2.45, 2.75) is 25.8 Å². The van der Waals surface area contributed by atoms with Crippen LogP contribution in [0, 0.1) is 6.92 Å². The van der Waals surface area contributed by atoms with Crippen molar-refractivity contribution >= 4 is 5.78 Å². The summed E-state index contributed by atoms with van der Waals surface area (Å²) in [5, 5.41) is 0. The minimum absolute atomic E-state index is 0.198. The zero-order chi connectivity index (χ0) is 13.0. The lowest BCUT2D eigenvalue weighted by Gasteiger charge is -2.30. The first-order valence-corrected chi connectivity index (χ1v) is 6.54. The van der Waals surface area contributed by atoms with Gasteiger partial charge in [0.25, 0.3) is 0 Å². The standard InChI is InChI=1S/C15H21NO2/c1-12-3-5-13(6-4-12)15(17)11-16(2)14-7-9-18-10-8-14/h3-6,14H,7-11H2,1-2H3. The SMILES string of the molecule is Cc1ccc(C(=O)CN(C)C2CCOCC2)cc1. The summed E-state index contributed by atoms with van der Waals surface area (Å²) in [6, 6.07) is 8.28. The van der Waals surface area contributed by atoms with Crippen LogP contribution in [0.25, 0.3) is 0 Å². The van der Waals surface area contributed by atoms with Gasteiger partial charge in [-0.1, -0.05) is 29.8 Å². The first kappa shape index (κ1) is 13.2. The summed E-state index contributed by atoms with van der Waals surface area (Å²) in [5.74, 6) is 0.198. The fourth-order valence-electron chi connectivity index (χ4n) is 2.31. The number of ketones is 1. The van der Waals surface area contributed by atoms with Gasteiger partial charge in [-0.25, -0.2) is 0 Å². The molecule has 1 aliphatic rings. The molecule has 1 fully saturated rings. The fraction of sp³-hybridized carbons (Fsp3) is 0.533. The summed E-state index contributed by atoms with van der Waals surface area (Å²) in [4.78, 5) is 14.3. The Kier molecular flexibility index (Phi) is 4.50. The summed E-state index contributed by atoms with van der Waals surface area (Å²) in [5.41, 5.74) is 1.99. The van der Waals surface area contributed by atoms with Gasteiger partial charge in [0.2, 0.25) is 0 Å². The van der Waals surface area contributed by atoms with E-state index in [4.69, 9.17) is 4.74 Å². The summed E-state index contributed by atoms with van der Waals surface area (Å²) >= 11 is 0. The first-order valence-electron chi connectivity index (χ1n) is 6.54. The highest BCUT2D eigenvalue weighted by Gasteiger charge is 2.20. The van der Waals surface area contributed by atoms with Gasteiger partial charge < -0.3 is 4.74 Å². The normalized spacial score (nSPS) is 17.1. The molecule has 2 rings (SSSR count). The van der Waals surface area contributed by atoms with Crippen LogP contribution in [-0.2, 0) is 4.74 Å². The number of hydrogen-bond acceptors (Lipinski definition) is 3. The zero-order valence-electron chi connectivity index (χ0n) is 11.2. The van der Waals surface area contributed by atoms with E-state index in [1.54, 1.807) is 0 Å². The first-order chi connectivity index (χ1) is 8.66. The molecule has 1 heterocycles. The van der Waals surface area contributed by atoms with Gasteiger partial charge in [0.05, 0.1) is 6.54 Å². The molecule has 0 unspecified atom stereocenters. The van der Waals surface area contributed by atoms with Crippen LogP contribution in [0.1, 0.15) is 28.8 Å². The van der Waals surface area contributed by atoms with Crippen LogP contribution in [-0.4, -0.2) is 43.5 Å². The van der Waals surface area contributed by atoms with E-state index in [2.05, 4.69) is 4.90 Å². The molecule has 3 heteroatoms. The van der Waals surface area contributed by atoms with Gasteiger partial charge in [0.1, 0.15) is 0 Å². The molecule has 1 saturated heterocycles. The molecule has 0 amide bonds. The van der Waals surface area contributed by atoms with E-state index in [1.807, 2.05) is 38.2 Å². The highest BCUT2D eigenvalue weighted by atomic mass is 16.5. The molecule has 98 valence electrons. The van der Waals surface area contributed by atoms with Crippen LogP contribution in [0.5, 0.6) is 0 Å². The van der Waals surface area contributed by atoms with Gasteiger partial charge in [-0.2, -0.15) is 0 Å². The molecule has 0 bridgehead atoms. The van der Waals surface area contributed by atoms with Crippen LogP contribution in [0.15, 0.2) is 24.3 Å². The summed E-state index contributed by atoms with van der Waals surface area (Å²) in [6.45, 7) is 4.15. The van der Waals surface area contributed by atoms with Crippen molar-refractivity contribution in [1.82, 2.24) is 4.90 Å². The zero-order valence-corrected chi connectivity index (χ0v) is 11.2. The number of hydrogen-bond donors (Lipinski definition) is 0. The van der Waals surface area contributed by atoms with E-state index in [-0.39, 0.29) is 5.78 Å². The lowest BCUT2D eigenvalue weighted by molar-refractivity contribution is 0.0418. The molecule has 18 heavy (non-hydrogen) atoms. The van der Waals surface area contributed by atoms with Crippen LogP contribution >= 0.6 is 0 Å². The predicted molar refractivity (Wildman–Crippen MR) is 72.0 cm³/mol. The van der Waals surface area contributed by atoms with Crippen molar-refractivity contribution in [3.05, 3.63) is 35.4 Å². The molecule has 0 saturated carbocycles. The number of Topliss-reactive ketones (excluding diaryl/α,β-unsaturated/α-hetero) is 1. The smallest absolute Gasteiger partial charge is 0.176 e. The average Bonchev–Trinajstić information content (AvgIpc) is 2.40. The second-order valence-electron chi connectivity index (χ2n) is 5.05. The van der Waals surface area contributed by atoms with E-state index < -0.39 is 0 Å². The topological polar surface area (TPSA) is 29.5 Å². The molecule has 0 aromatic heterocycles. The third kappa shape index (κ3) is 3.40. The molecule has 1 aromatic carbocycles. The van der Waals surface area contributed by atoms with Crippen molar-refractivity contribution in [3.8, 4) is 0 Å². The maximum Gasteiger partial charge on any atom is 0.176 e. The minimum Gasteiger partial charge on any atom is -0.381 e. The Balaban J connectivity index is 1.91. The lowest BCUT2D eigenvalue weighted by Crippen LogP contribution is -2.39. The van der Waals surface area contributed by atoms with Crippen molar-refractivity contribution in [2.24, 2.45) is 0 Å². The highest BCUT2D eigenvalue weighted by Crippen LogP contribution is 2.13. The van der Waals surface area contributed by atoms with Gasteiger partial charge in [-0.3, -0.25) is 9.69 Å². The number of likely N-dealkylation sites (N-methyl/N-ethyl adjacent to an activating group) is 1. The highest BCUT2D eigenvalue weighted by molar-refractivity contribution is 5.97. The Morgan fingerprint density at radius 3 is 2.50 bits per heavy atom. The third-order valence-electron chi connectivity index (χ3n) is 3.58. The van der Waals surface area contributed by atoms with Crippen molar-refractivity contribution in [1.29, 1.82) is 0 Å². The number of nitrogens with zero attached hydrogens (tertiary/aromatic N) is 1. The lowest BCUT2D eigenvalue weighted by atomic mass is 10.1. The number of rotatable bonds is 4. The van der Waals surface area contributed by atoms with E-state index in [9.17, 15) is 4.79 Å². The molecule has 0 aliphatic carbocycles. The largest absolute Gasteiger partial charge is 0.381 e. The molecule has 0 radical (unpaired) electrons. The van der Waals surface area contributed by atoms with Crippen molar-refractivity contribution in [3.63, 3.8) is 0 Å². The van der Waals surface area contributed by atoms with Gasteiger partial charge in [-0.05, 0) is 26.8 Å². The maximum absolute atomic E-state index is 12.1. The second kappa shape index (κ2) is 6.12. The van der Waals surface area contributed by atoms with E-state index in [0.29, 0.717) is 12.6 Å². The number of carbonyl (C=O) groups excluding carboxylic acids is 1. The number of carbonyl (C=O) groups is 1. The molecular weight excluding hydrogens is 226 g/mol. The van der Waals surface area contributed by atoms with Crippen LogP contribution < -0.4 is 0 Å². The second-order valence-corrected chi connectivity index (χ2v) is 5.05. The van der Waals surface area contributed by atoms with Crippen LogP contribution in [0.2, 0.25) is 0 Å². The Bertz CT molecular complexity index is 393. The number of ether oxygens (including phenoxy) is 1. The third-order valence-corrected chi connectivity index (χ3v) is 3.58. The predicted octanol–water partition coefficient (Wildman–Crippen LogP) is 2.29. The summed E-state index contributed by atoms with van der Waals surface area (Å²) < 4.78 is 5.34. The maximum atomic E-state index is 12.1. The van der Waals surface area contributed by atoms with E-state index in [1.165, 1.54) is 5.56 Å². The number of aryl methyl sites for hydroxylation is 1. The van der Waals surface area contributed by atoms with Crippen molar-refractivity contribution in [2.75, 3.05) is 26.8 Å². The van der Waals surface area contributed by atoms with Crippen molar-refractivity contribution < 1.29 is 9.53 Å². The molecule has 0 spiro atoms. The van der Waals surface area contributed by atoms with Gasteiger partial charge in [0, 0.05) is 24.8 Å². The molecule has 3 nitrogen and oxygen atoms in total. The quantitative estimate of drug-likeness (QED) is 0.765. The monoisotopic (exact) mass is 247 g/mol. The van der Waals surface area contributed by atoms with Gasteiger partial charge >= 0.3 is 0 Å². The Labute approximate surface area is 109 Å². The number of benzene rings is 1.